The number of ether oxygens (including phenoxy) is 2. The van der Waals surface area contributed by atoms with E-state index in [4.69, 9.17) is 14.7 Å². The molecule has 0 rings (SSSR count). The highest BCUT2D eigenvalue weighted by Gasteiger charge is 1.95. The minimum Gasteiger partial charge on any atom is -0.382 e. The van der Waals surface area contributed by atoms with Gasteiger partial charge in [-0.05, 0) is 7.05 Å². The Kier molecular flexibility index (Phi) is 8.02. The Balaban J connectivity index is 3.04. The van der Waals surface area contributed by atoms with Gasteiger partial charge in [-0.15, -0.1) is 0 Å². The molecule has 0 heterocycles. The van der Waals surface area contributed by atoms with Gasteiger partial charge >= 0.3 is 0 Å². The van der Waals surface area contributed by atoms with Gasteiger partial charge in [0.15, 0.2) is 0 Å². The van der Waals surface area contributed by atoms with Crippen molar-refractivity contribution in [3.63, 3.8) is 0 Å². The van der Waals surface area contributed by atoms with Gasteiger partial charge in [-0.1, -0.05) is 0 Å². The second-order valence-electron chi connectivity index (χ2n) is 2.50. The molecule has 0 fully saturated rings. The Bertz CT molecular complexity index is 134. The average Bonchev–Trinajstić information content (AvgIpc) is 2.05. The van der Waals surface area contributed by atoms with Crippen molar-refractivity contribution in [2.75, 3.05) is 47.1 Å². The molecular formula is C8H16N2O2. The fraction of sp³-hybridized carbons (Fsp3) is 0.875. The second-order valence-corrected chi connectivity index (χ2v) is 2.50. The molecule has 12 heavy (non-hydrogen) atoms. The minimum absolute atomic E-state index is 0.452. The Morgan fingerprint density at radius 2 is 2.08 bits per heavy atom. The van der Waals surface area contributed by atoms with Crippen molar-refractivity contribution in [1.29, 1.82) is 5.26 Å². The van der Waals surface area contributed by atoms with Crippen LogP contribution in [-0.4, -0.2) is 52.0 Å². The van der Waals surface area contributed by atoms with Crippen molar-refractivity contribution in [1.82, 2.24) is 4.90 Å². The number of nitriles is 1. The summed E-state index contributed by atoms with van der Waals surface area (Å²) in [5.41, 5.74) is 0. The lowest BCUT2D eigenvalue weighted by Crippen LogP contribution is -2.23. The number of hydrogen-bond donors (Lipinski definition) is 0. The molecule has 0 aromatic carbocycles. The fourth-order valence-corrected chi connectivity index (χ4v) is 0.664. The van der Waals surface area contributed by atoms with Crippen LogP contribution < -0.4 is 0 Å². The van der Waals surface area contributed by atoms with Crippen molar-refractivity contribution in [3.05, 3.63) is 0 Å². The van der Waals surface area contributed by atoms with Crippen LogP contribution >= 0.6 is 0 Å². The molecule has 0 spiro atoms. The fourth-order valence-electron chi connectivity index (χ4n) is 0.664. The summed E-state index contributed by atoms with van der Waals surface area (Å²) in [5, 5.41) is 8.32. The molecule has 0 aromatic rings. The zero-order valence-corrected chi connectivity index (χ0v) is 7.75. The van der Waals surface area contributed by atoms with Gasteiger partial charge < -0.3 is 9.47 Å². The van der Waals surface area contributed by atoms with Gasteiger partial charge in [-0.25, -0.2) is 0 Å². The van der Waals surface area contributed by atoms with E-state index in [2.05, 4.69) is 6.07 Å². The van der Waals surface area contributed by atoms with E-state index in [0.29, 0.717) is 26.4 Å². The Hall–Kier alpha value is -0.630. The molecule has 0 unspecified atom stereocenters. The summed E-state index contributed by atoms with van der Waals surface area (Å²) in [6, 6.07) is 2.07. The molecule has 0 saturated carbocycles. The molecule has 4 nitrogen and oxygen atoms in total. The number of nitrogens with zero attached hydrogens (tertiary/aromatic N) is 2. The largest absolute Gasteiger partial charge is 0.382 e. The predicted molar refractivity (Wildman–Crippen MR) is 45.8 cm³/mol. The summed E-state index contributed by atoms with van der Waals surface area (Å²) >= 11 is 0. The summed E-state index contributed by atoms with van der Waals surface area (Å²) in [5.74, 6) is 0. The van der Waals surface area contributed by atoms with Crippen LogP contribution in [0.5, 0.6) is 0 Å². The van der Waals surface area contributed by atoms with Crippen molar-refractivity contribution in [2.24, 2.45) is 0 Å². The first-order valence-electron chi connectivity index (χ1n) is 3.93. The molecule has 70 valence electrons. The highest BCUT2D eigenvalue weighted by molar-refractivity contribution is 4.73. The van der Waals surface area contributed by atoms with Crippen molar-refractivity contribution >= 4 is 0 Å². The van der Waals surface area contributed by atoms with Crippen molar-refractivity contribution < 1.29 is 9.47 Å². The molecular weight excluding hydrogens is 156 g/mol. The van der Waals surface area contributed by atoms with E-state index in [-0.39, 0.29) is 0 Å². The summed E-state index contributed by atoms with van der Waals surface area (Å²) in [4.78, 5) is 1.91. The average molecular weight is 172 g/mol. The van der Waals surface area contributed by atoms with E-state index in [1.807, 2.05) is 11.9 Å². The molecule has 0 saturated heterocycles. The number of rotatable bonds is 7. The van der Waals surface area contributed by atoms with Gasteiger partial charge in [-0.2, -0.15) is 5.26 Å². The van der Waals surface area contributed by atoms with Gasteiger partial charge in [0.25, 0.3) is 0 Å². The molecule has 0 radical (unpaired) electrons. The highest BCUT2D eigenvalue weighted by atomic mass is 16.5. The topological polar surface area (TPSA) is 45.5 Å². The molecule has 0 aliphatic carbocycles. The second kappa shape index (κ2) is 8.47. The molecule has 0 amide bonds. The van der Waals surface area contributed by atoms with E-state index >= 15 is 0 Å². The summed E-state index contributed by atoms with van der Waals surface area (Å²) in [6.07, 6.45) is 0. The van der Waals surface area contributed by atoms with Gasteiger partial charge in [-0.3, -0.25) is 4.90 Å². The van der Waals surface area contributed by atoms with E-state index in [1.165, 1.54) is 0 Å². The third-order valence-electron chi connectivity index (χ3n) is 1.39. The zero-order chi connectivity index (χ0) is 9.23. The summed E-state index contributed by atoms with van der Waals surface area (Å²) < 4.78 is 10.0. The third-order valence-corrected chi connectivity index (χ3v) is 1.39. The zero-order valence-electron chi connectivity index (χ0n) is 7.75. The molecule has 0 aliphatic rings. The minimum atomic E-state index is 0.452. The summed E-state index contributed by atoms with van der Waals surface area (Å²) in [7, 11) is 3.54. The lowest BCUT2D eigenvalue weighted by molar-refractivity contribution is 0.0620. The molecule has 0 aliphatic heterocycles. The van der Waals surface area contributed by atoms with Crippen molar-refractivity contribution in [3.8, 4) is 6.07 Å². The maximum Gasteiger partial charge on any atom is 0.0864 e. The van der Waals surface area contributed by atoms with E-state index < -0.39 is 0 Å². The normalized spacial score (nSPS) is 10.2. The molecule has 0 bridgehead atoms. The number of likely N-dealkylation sites (N-methyl/N-ethyl adjacent to an activating group) is 1. The monoisotopic (exact) mass is 172 g/mol. The predicted octanol–water partition coefficient (Wildman–Crippen LogP) is 0.105. The van der Waals surface area contributed by atoms with Crippen LogP contribution in [0.25, 0.3) is 0 Å². The van der Waals surface area contributed by atoms with E-state index in [9.17, 15) is 0 Å². The van der Waals surface area contributed by atoms with Crippen LogP contribution in [0.1, 0.15) is 0 Å². The van der Waals surface area contributed by atoms with Crippen LogP contribution in [-0.2, 0) is 9.47 Å². The molecule has 0 aromatic heterocycles. The first-order valence-corrected chi connectivity index (χ1v) is 3.93. The maximum atomic E-state index is 8.32. The first-order chi connectivity index (χ1) is 5.81. The van der Waals surface area contributed by atoms with Gasteiger partial charge in [0.1, 0.15) is 0 Å². The third kappa shape index (κ3) is 7.48. The quantitative estimate of drug-likeness (QED) is 0.404. The molecule has 0 N–H and O–H groups in total. The van der Waals surface area contributed by atoms with E-state index in [1.54, 1.807) is 7.11 Å². The highest BCUT2D eigenvalue weighted by Crippen LogP contribution is 1.82. The van der Waals surface area contributed by atoms with Crippen LogP contribution in [0.4, 0.5) is 0 Å². The smallest absolute Gasteiger partial charge is 0.0864 e. The lowest BCUT2D eigenvalue weighted by atomic mass is 10.5. The van der Waals surface area contributed by atoms with Gasteiger partial charge in [0.05, 0.1) is 32.4 Å². The molecule has 0 atom stereocenters. The SMILES string of the molecule is COCCOCCN(C)CC#N. The van der Waals surface area contributed by atoms with E-state index in [0.717, 1.165) is 6.54 Å². The summed E-state index contributed by atoms with van der Waals surface area (Å²) in [6.45, 7) is 3.14. The standard InChI is InChI=1S/C8H16N2O2/c1-10(4-3-9)5-6-12-8-7-11-2/h4-8H2,1-2H3. The van der Waals surface area contributed by atoms with Crippen LogP contribution in [0.3, 0.4) is 0 Å². The Morgan fingerprint density at radius 1 is 1.33 bits per heavy atom. The van der Waals surface area contributed by atoms with Gasteiger partial charge in [0.2, 0.25) is 0 Å². The maximum absolute atomic E-state index is 8.32. The number of hydrogen-bond acceptors (Lipinski definition) is 4. The Morgan fingerprint density at radius 3 is 2.67 bits per heavy atom. The Labute approximate surface area is 73.7 Å². The lowest BCUT2D eigenvalue weighted by Gasteiger charge is -2.11. The first kappa shape index (κ1) is 11.4. The van der Waals surface area contributed by atoms with Crippen LogP contribution in [0.15, 0.2) is 0 Å². The molecule has 4 heteroatoms. The van der Waals surface area contributed by atoms with Crippen LogP contribution in [0, 0.1) is 11.3 Å². The van der Waals surface area contributed by atoms with Gasteiger partial charge in [0, 0.05) is 13.7 Å². The number of methoxy groups -OCH3 is 1. The van der Waals surface area contributed by atoms with Crippen LogP contribution in [0.2, 0.25) is 0 Å². The van der Waals surface area contributed by atoms with Crippen molar-refractivity contribution in [2.45, 2.75) is 0 Å².